The van der Waals surface area contributed by atoms with Crippen molar-refractivity contribution in [3.63, 3.8) is 0 Å². The van der Waals surface area contributed by atoms with E-state index in [0.717, 1.165) is 4.90 Å². The van der Waals surface area contributed by atoms with Crippen LogP contribution in [0, 0.1) is 0 Å². The van der Waals surface area contributed by atoms with Crippen LogP contribution < -0.4 is 4.72 Å². The lowest BCUT2D eigenvalue weighted by Crippen LogP contribution is -2.42. The largest absolute Gasteiger partial charge is 0.480 e. The number of nitrogens with zero attached hydrogens (tertiary/aromatic N) is 1. The molecule has 1 aliphatic heterocycles. The van der Waals surface area contributed by atoms with Crippen molar-refractivity contribution in [2.75, 3.05) is 11.5 Å². The predicted octanol–water partition coefficient (Wildman–Crippen LogP) is 1.04. The summed E-state index contributed by atoms with van der Waals surface area (Å²) in [6, 6.07) is 10.1. The van der Waals surface area contributed by atoms with Crippen molar-refractivity contribution in [1.82, 2.24) is 9.62 Å². The lowest BCUT2D eigenvalue weighted by Gasteiger charge is -2.16. The summed E-state index contributed by atoms with van der Waals surface area (Å²) in [5.74, 6) is -3.03. The summed E-state index contributed by atoms with van der Waals surface area (Å²) < 4.78 is 50.5. The number of sulfonamides is 1. The van der Waals surface area contributed by atoms with Crippen molar-refractivity contribution in [3.8, 4) is 0 Å². The smallest absolute Gasteiger partial charge is 0.321 e. The third-order valence-corrected chi connectivity index (χ3v) is 8.43. The molecule has 0 bridgehead atoms. The van der Waals surface area contributed by atoms with Crippen molar-refractivity contribution < 1.29 is 36.3 Å². The molecule has 2 aromatic carbocycles. The van der Waals surface area contributed by atoms with Crippen molar-refractivity contribution in [2.45, 2.75) is 30.8 Å². The number of carbonyl (C=O) groups excluding carboxylic acids is 2. The van der Waals surface area contributed by atoms with Gasteiger partial charge >= 0.3 is 5.97 Å². The fourth-order valence-corrected chi connectivity index (χ4v) is 5.38. The van der Waals surface area contributed by atoms with Crippen molar-refractivity contribution >= 4 is 37.6 Å². The molecule has 1 aliphatic rings. The van der Waals surface area contributed by atoms with Gasteiger partial charge in [-0.3, -0.25) is 19.3 Å². The molecule has 0 saturated carbocycles. The second-order valence-electron chi connectivity index (χ2n) is 7.42. The van der Waals surface area contributed by atoms with Crippen LogP contribution in [0.1, 0.15) is 39.6 Å². The number of carboxylic acids is 1. The first-order chi connectivity index (χ1) is 15.4. The molecule has 33 heavy (non-hydrogen) atoms. The van der Waals surface area contributed by atoms with Crippen LogP contribution in [-0.2, 0) is 31.2 Å². The average molecular weight is 495 g/mol. The molecule has 1 atom stereocenters. The molecule has 0 radical (unpaired) electrons. The van der Waals surface area contributed by atoms with Gasteiger partial charge < -0.3 is 5.11 Å². The Morgan fingerprint density at radius 2 is 1.52 bits per heavy atom. The Morgan fingerprint density at radius 1 is 0.970 bits per heavy atom. The van der Waals surface area contributed by atoms with E-state index in [1.54, 1.807) is 24.3 Å². The van der Waals surface area contributed by atoms with E-state index in [2.05, 4.69) is 0 Å². The van der Waals surface area contributed by atoms with Gasteiger partial charge in [0, 0.05) is 5.75 Å². The molecule has 0 spiro atoms. The molecular weight excluding hydrogens is 472 g/mol. The normalized spacial score (nSPS) is 14.9. The van der Waals surface area contributed by atoms with Gasteiger partial charge in [-0.1, -0.05) is 31.2 Å². The van der Waals surface area contributed by atoms with Crippen LogP contribution in [-0.4, -0.2) is 62.2 Å². The summed E-state index contributed by atoms with van der Waals surface area (Å²) >= 11 is 0. The minimum Gasteiger partial charge on any atom is -0.480 e. The lowest BCUT2D eigenvalue weighted by atomic mass is 10.1. The van der Waals surface area contributed by atoms with Crippen LogP contribution in [0.25, 0.3) is 0 Å². The Morgan fingerprint density at radius 3 is 2.00 bits per heavy atom. The summed E-state index contributed by atoms with van der Waals surface area (Å²) in [6.07, 6.45) is -0.414. The highest BCUT2D eigenvalue weighted by molar-refractivity contribution is 7.91. The molecule has 2 N–H and O–H groups in total. The first-order valence-corrected chi connectivity index (χ1v) is 13.3. The molecular formula is C21H22N2O8S2. The van der Waals surface area contributed by atoms with E-state index in [1.807, 2.05) is 4.72 Å². The van der Waals surface area contributed by atoms with E-state index in [-0.39, 0.29) is 17.2 Å². The van der Waals surface area contributed by atoms with E-state index in [9.17, 15) is 36.3 Å². The van der Waals surface area contributed by atoms with Gasteiger partial charge in [0.2, 0.25) is 10.0 Å². The van der Waals surface area contributed by atoms with Gasteiger partial charge in [-0.25, -0.2) is 16.8 Å². The number of fused-ring (bicyclic) bond motifs is 1. The molecule has 176 valence electrons. The minimum absolute atomic E-state index is 0.0628. The molecule has 3 rings (SSSR count). The Bertz CT molecular complexity index is 1270. The molecule has 1 unspecified atom stereocenters. The number of rotatable bonds is 10. The van der Waals surface area contributed by atoms with Crippen molar-refractivity contribution in [3.05, 3.63) is 65.2 Å². The Balaban J connectivity index is 1.71. The quantitative estimate of drug-likeness (QED) is 0.464. The molecule has 0 aromatic heterocycles. The number of hydrogen-bond acceptors (Lipinski definition) is 7. The van der Waals surface area contributed by atoms with Crippen LogP contribution in [0.2, 0.25) is 0 Å². The van der Waals surface area contributed by atoms with E-state index < -0.39 is 55.9 Å². The number of carbonyl (C=O) groups is 3. The highest BCUT2D eigenvalue weighted by Crippen LogP contribution is 2.24. The summed E-state index contributed by atoms with van der Waals surface area (Å²) in [6.45, 7) is 1.35. The van der Waals surface area contributed by atoms with Crippen LogP contribution in [0.15, 0.2) is 53.4 Å². The maximum Gasteiger partial charge on any atom is 0.321 e. The van der Waals surface area contributed by atoms with Crippen molar-refractivity contribution in [2.24, 2.45) is 0 Å². The second kappa shape index (κ2) is 9.41. The average Bonchev–Trinajstić information content (AvgIpc) is 3.02. The highest BCUT2D eigenvalue weighted by Gasteiger charge is 2.35. The van der Waals surface area contributed by atoms with E-state index in [4.69, 9.17) is 0 Å². The Hall–Kier alpha value is -3.09. The predicted molar refractivity (Wildman–Crippen MR) is 118 cm³/mol. The van der Waals surface area contributed by atoms with Gasteiger partial charge in [-0.2, -0.15) is 4.72 Å². The van der Waals surface area contributed by atoms with Gasteiger partial charge in [0.25, 0.3) is 11.8 Å². The van der Waals surface area contributed by atoms with Gasteiger partial charge in [0.1, 0.15) is 15.9 Å². The van der Waals surface area contributed by atoms with Crippen LogP contribution >= 0.6 is 0 Å². The fraction of sp³-hybridized carbons (Fsp3) is 0.286. The molecule has 0 saturated heterocycles. The summed E-state index contributed by atoms with van der Waals surface area (Å²) in [4.78, 5) is 37.2. The van der Waals surface area contributed by atoms with Gasteiger partial charge in [-0.05, 0) is 36.2 Å². The number of amides is 2. The molecule has 0 aliphatic carbocycles. The molecule has 12 heteroatoms. The third-order valence-electron chi connectivity index (χ3n) is 5.21. The maximum atomic E-state index is 12.6. The summed E-state index contributed by atoms with van der Waals surface area (Å²) in [7, 11) is -7.73. The van der Waals surface area contributed by atoms with Gasteiger partial charge in [0.15, 0.2) is 0 Å². The summed E-state index contributed by atoms with van der Waals surface area (Å²) in [5, 5.41) is 9.29. The molecule has 2 aromatic rings. The number of hydrogen-bond donors (Lipinski definition) is 2. The van der Waals surface area contributed by atoms with E-state index in [1.165, 1.54) is 31.2 Å². The summed E-state index contributed by atoms with van der Waals surface area (Å²) in [5.41, 5.74) is 1.10. The number of aliphatic carboxylic acids is 1. The van der Waals surface area contributed by atoms with E-state index >= 15 is 0 Å². The molecule has 0 fully saturated rings. The number of imide groups is 1. The lowest BCUT2D eigenvalue weighted by molar-refractivity contribution is -0.139. The molecule has 1 heterocycles. The SMILES string of the molecule is CCS(=O)(=O)CCC(NS(=O)(=O)c1ccc(CN2C(=O)c3ccccc3C2=O)cc1)C(=O)O. The van der Waals surface area contributed by atoms with Crippen LogP contribution in [0.5, 0.6) is 0 Å². The fourth-order valence-electron chi connectivity index (χ4n) is 3.27. The number of carboxylic acid groups (broad SMARTS) is 1. The number of nitrogens with one attached hydrogen (secondary N) is 1. The first kappa shape index (κ1) is 24.6. The zero-order chi connectivity index (χ0) is 24.4. The van der Waals surface area contributed by atoms with Gasteiger partial charge in [0.05, 0.1) is 28.3 Å². The number of benzene rings is 2. The Kier molecular flexibility index (Phi) is 7.00. The topological polar surface area (TPSA) is 155 Å². The molecule has 2 amide bonds. The zero-order valence-electron chi connectivity index (χ0n) is 17.6. The standard InChI is InChI=1S/C21H22N2O8S2/c1-2-32(28,29)12-11-18(21(26)27)22-33(30,31)15-9-7-14(8-10-15)13-23-19(24)16-5-3-4-6-17(16)20(23)25/h3-10,18,22H,2,11-13H2,1H3,(H,26,27). The zero-order valence-corrected chi connectivity index (χ0v) is 19.2. The first-order valence-electron chi connectivity index (χ1n) is 9.95. The monoisotopic (exact) mass is 494 g/mol. The Labute approximate surface area is 191 Å². The molecule has 10 nitrogen and oxygen atoms in total. The van der Waals surface area contributed by atoms with E-state index in [0.29, 0.717) is 16.7 Å². The maximum absolute atomic E-state index is 12.6. The highest BCUT2D eigenvalue weighted by atomic mass is 32.2. The third kappa shape index (κ3) is 5.46. The van der Waals surface area contributed by atoms with Gasteiger partial charge in [-0.15, -0.1) is 0 Å². The van der Waals surface area contributed by atoms with Crippen LogP contribution in [0.3, 0.4) is 0 Å². The minimum atomic E-state index is -4.26. The van der Waals surface area contributed by atoms with Crippen LogP contribution in [0.4, 0.5) is 0 Å². The van der Waals surface area contributed by atoms with Crippen molar-refractivity contribution in [1.29, 1.82) is 0 Å². The number of sulfone groups is 1. The second-order valence-corrected chi connectivity index (χ2v) is 11.6.